The summed E-state index contributed by atoms with van der Waals surface area (Å²) in [6.45, 7) is 0. The first kappa shape index (κ1) is 8.55. The number of urea groups is 1. The summed E-state index contributed by atoms with van der Waals surface area (Å²) < 4.78 is 0. The average molecular weight is 192 g/mol. The molecule has 1 saturated heterocycles. The largest absolute Gasteiger partial charge is 0.508 e. The third kappa shape index (κ3) is 1.39. The van der Waals surface area contributed by atoms with Gasteiger partial charge < -0.3 is 10.4 Å². The van der Waals surface area contributed by atoms with E-state index in [1.165, 1.54) is 12.1 Å². The minimum absolute atomic E-state index is 0.0662. The van der Waals surface area contributed by atoms with Crippen LogP contribution in [0.5, 0.6) is 5.75 Å². The molecule has 0 aromatic heterocycles. The monoisotopic (exact) mass is 192 g/mol. The summed E-state index contributed by atoms with van der Waals surface area (Å²) in [6, 6.07) is 5.00. The Labute approximate surface area is 79.7 Å². The summed E-state index contributed by atoms with van der Waals surface area (Å²) in [5.74, 6) is -0.336. The highest BCUT2D eigenvalue weighted by Crippen LogP contribution is 2.20. The highest BCUT2D eigenvalue weighted by Gasteiger charge is 2.30. The molecule has 1 heterocycles. The van der Waals surface area contributed by atoms with Gasteiger partial charge in [0.15, 0.2) is 0 Å². The number of rotatable bonds is 1. The number of imide groups is 1. The fraction of sp³-hybridized carbons (Fsp3) is 0.111. The van der Waals surface area contributed by atoms with Gasteiger partial charge in [-0.2, -0.15) is 0 Å². The second kappa shape index (κ2) is 3.02. The Kier molecular flexibility index (Phi) is 1.85. The van der Waals surface area contributed by atoms with E-state index in [0.717, 1.165) is 0 Å². The maximum absolute atomic E-state index is 11.2. The molecule has 1 aromatic carbocycles. The molecule has 72 valence electrons. The molecule has 1 aromatic rings. The molecule has 5 nitrogen and oxygen atoms in total. The van der Waals surface area contributed by atoms with Gasteiger partial charge in [-0.15, -0.1) is 0 Å². The van der Waals surface area contributed by atoms with Gasteiger partial charge in [0.1, 0.15) is 11.8 Å². The third-order valence-corrected chi connectivity index (χ3v) is 1.98. The summed E-state index contributed by atoms with van der Waals surface area (Å²) in [6.07, 6.45) is 0. The smallest absolute Gasteiger partial charge is 0.322 e. The van der Waals surface area contributed by atoms with Crippen molar-refractivity contribution in [3.63, 3.8) is 0 Å². The molecular weight excluding hydrogens is 184 g/mol. The molecule has 0 bridgehead atoms. The molecule has 5 heteroatoms. The summed E-state index contributed by atoms with van der Waals surface area (Å²) in [7, 11) is 0. The lowest BCUT2D eigenvalue weighted by molar-refractivity contribution is -0.120. The Morgan fingerprint density at radius 3 is 2.64 bits per heavy atom. The number of nitrogens with one attached hydrogen (secondary N) is 2. The second-order valence-electron chi connectivity index (χ2n) is 2.99. The normalized spacial score (nSPS) is 20.4. The number of carbonyl (C=O) groups is 2. The van der Waals surface area contributed by atoms with Crippen molar-refractivity contribution >= 4 is 11.9 Å². The van der Waals surface area contributed by atoms with Gasteiger partial charge in [0.05, 0.1) is 0 Å². The SMILES string of the molecule is O=C1NC(=O)C(c2cccc(O)c2)N1. The Morgan fingerprint density at radius 2 is 2.07 bits per heavy atom. The molecule has 1 fully saturated rings. The average Bonchev–Trinajstić information content (AvgIpc) is 2.45. The fourth-order valence-corrected chi connectivity index (χ4v) is 1.36. The fourth-order valence-electron chi connectivity index (χ4n) is 1.36. The zero-order valence-corrected chi connectivity index (χ0v) is 7.15. The van der Waals surface area contributed by atoms with Crippen LogP contribution in [0.4, 0.5) is 4.79 Å². The van der Waals surface area contributed by atoms with Crippen molar-refractivity contribution in [3.05, 3.63) is 29.8 Å². The number of aromatic hydroxyl groups is 1. The van der Waals surface area contributed by atoms with Gasteiger partial charge in [-0.05, 0) is 17.7 Å². The molecule has 1 aliphatic rings. The molecule has 1 unspecified atom stereocenters. The summed E-state index contributed by atoms with van der Waals surface area (Å²) in [4.78, 5) is 22.0. The summed E-state index contributed by atoms with van der Waals surface area (Å²) >= 11 is 0. The minimum Gasteiger partial charge on any atom is -0.508 e. The predicted octanol–water partition coefficient (Wildman–Crippen LogP) is 0.273. The van der Waals surface area contributed by atoms with Crippen LogP contribution < -0.4 is 10.6 Å². The van der Waals surface area contributed by atoms with Gasteiger partial charge in [-0.1, -0.05) is 12.1 Å². The molecular formula is C9H8N2O3. The van der Waals surface area contributed by atoms with E-state index >= 15 is 0 Å². The maximum atomic E-state index is 11.2. The van der Waals surface area contributed by atoms with E-state index in [0.29, 0.717) is 5.56 Å². The van der Waals surface area contributed by atoms with Crippen LogP contribution in [0.1, 0.15) is 11.6 Å². The van der Waals surface area contributed by atoms with Crippen molar-refractivity contribution in [1.82, 2.24) is 10.6 Å². The highest BCUT2D eigenvalue weighted by atomic mass is 16.3. The summed E-state index contributed by atoms with van der Waals surface area (Å²) in [5, 5.41) is 13.7. The number of amides is 3. The molecule has 3 amide bonds. The number of phenolic OH excluding ortho intramolecular Hbond substituents is 1. The van der Waals surface area contributed by atoms with Crippen LogP contribution >= 0.6 is 0 Å². The first-order chi connectivity index (χ1) is 6.66. The van der Waals surface area contributed by atoms with E-state index in [1.807, 2.05) is 0 Å². The van der Waals surface area contributed by atoms with E-state index in [4.69, 9.17) is 0 Å². The number of benzene rings is 1. The second-order valence-corrected chi connectivity index (χ2v) is 2.99. The van der Waals surface area contributed by atoms with Crippen LogP contribution in [-0.2, 0) is 4.79 Å². The third-order valence-electron chi connectivity index (χ3n) is 1.98. The van der Waals surface area contributed by atoms with Crippen molar-refractivity contribution in [2.24, 2.45) is 0 Å². The standard InChI is InChI=1S/C9H8N2O3/c12-6-3-1-2-5(4-6)7-8(13)11-9(14)10-7/h1-4,7,12H,(H2,10,11,13,14). The molecule has 1 aliphatic heterocycles. The molecule has 1 atom stereocenters. The molecule has 0 radical (unpaired) electrons. The minimum atomic E-state index is -0.699. The quantitative estimate of drug-likeness (QED) is 0.559. The van der Waals surface area contributed by atoms with Crippen molar-refractivity contribution in [1.29, 1.82) is 0 Å². The zero-order chi connectivity index (χ0) is 10.1. The van der Waals surface area contributed by atoms with E-state index in [1.54, 1.807) is 12.1 Å². The first-order valence-electron chi connectivity index (χ1n) is 4.07. The van der Waals surface area contributed by atoms with Gasteiger partial charge in [-0.25, -0.2) is 4.79 Å². The van der Waals surface area contributed by atoms with Gasteiger partial charge in [0.25, 0.3) is 5.91 Å². The first-order valence-corrected chi connectivity index (χ1v) is 4.07. The van der Waals surface area contributed by atoms with Crippen LogP contribution in [0.25, 0.3) is 0 Å². The van der Waals surface area contributed by atoms with Gasteiger partial charge in [0, 0.05) is 0 Å². The predicted molar refractivity (Wildman–Crippen MR) is 47.5 cm³/mol. The Morgan fingerprint density at radius 1 is 1.29 bits per heavy atom. The molecule has 14 heavy (non-hydrogen) atoms. The Hall–Kier alpha value is -2.04. The highest BCUT2D eigenvalue weighted by molar-refractivity contribution is 6.04. The molecule has 2 rings (SSSR count). The number of hydrogen-bond acceptors (Lipinski definition) is 3. The Bertz CT molecular complexity index is 403. The van der Waals surface area contributed by atoms with E-state index in [-0.39, 0.29) is 5.75 Å². The molecule has 0 aliphatic carbocycles. The van der Waals surface area contributed by atoms with Crippen molar-refractivity contribution in [2.45, 2.75) is 6.04 Å². The maximum Gasteiger partial charge on any atom is 0.322 e. The number of phenols is 1. The van der Waals surface area contributed by atoms with Crippen molar-refractivity contribution in [3.8, 4) is 5.75 Å². The van der Waals surface area contributed by atoms with Crippen LogP contribution in [-0.4, -0.2) is 17.0 Å². The zero-order valence-electron chi connectivity index (χ0n) is 7.15. The van der Waals surface area contributed by atoms with Crippen LogP contribution in [0.15, 0.2) is 24.3 Å². The lowest BCUT2D eigenvalue weighted by Gasteiger charge is -2.06. The van der Waals surface area contributed by atoms with Crippen molar-refractivity contribution < 1.29 is 14.7 Å². The van der Waals surface area contributed by atoms with Gasteiger partial charge >= 0.3 is 6.03 Å². The van der Waals surface area contributed by atoms with E-state index in [2.05, 4.69) is 10.6 Å². The van der Waals surface area contributed by atoms with E-state index in [9.17, 15) is 14.7 Å². The van der Waals surface area contributed by atoms with Crippen LogP contribution in [0.3, 0.4) is 0 Å². The topological polar surface area (TPSA) is 78.4 Å². The summed E-state index contributed by atoms with van der Waals surface area (Å²) in [5.41, 5.74) is 0.563. The van der Waals surface area contributed by atoms with Crippen molar-refractivity contribution in [2.75, 3.05) is 0 Å². The van der Waals surface area contributed by atoms with E-state index < -0.39 is 18.0 Å². The Balaban J connectivity index is 2.31. The molecule has 0 spiro atoms. The van der Waals surface area contributed by atoms with Crippen LogP contribution in [0, 0.1) is 0 Å². The van der Waals surface area contributed by atoms with Gasteiger partial charge in [0.2, 0.25) is 0 Å². The molecule has 3 N–H and O–H groups in total. The number of carbonyl (C=O) groups excluding carboxylic acids is 2. The van der Waals surface area contributed by atoms with Crippen LogP contribution in [0.2, 0.25) is 0 Å². The molecule has 0 saturated carbocycles. The lowest BCUT2D eigenvalue weighted by Crippen LogP contribution is -2.22. The number of hydrogen-bond donors (Lipinski definition) is 3. The lowest BCUT2D eigenvalue weighted by atomic mass is 10.1. The van der Waals surface area contributed by atoms with Gasteiger partial charge in [-0.3, -0.25) is 10.1 Å².